The Labute approximate surface area is 164 Å². The lowest BCUT2D eigenvalue weighted by atomic mass is 10.1. The number of aromatic nitrogens is 3. The molecule has 28 heavy (non-hydrogen) atoms. The van der Waals surface area contributed by atoms with E-state index < -0.39 is 0 Å². The number of nitrogens with zero attached hydrogens (tertiary/aromatic N) is 4. The minimum atomic E-state index is -0.277. The number of carbonyl (C=O) groups excluding carboxylic acids is 1. The van der Waals surface area contributed by atoms with E-state index in [1.165, 1.54) is 12.1 Å². The monoisotopic (exact) mass is 380 g/mol. The highest BCUT2D eigenvalue weighted by atomic mass is 19.1. The van der Waals surface area contributed by atoms with Crippen molar-refractivity contribution >= 4 is 5.91 Å². The van der Waals surface area contributed by atoms with Gasteiger partial charge in [0, 0.05) is 37.6 Å². The van der Waals surface area contributed by atoms with Crippen LogP contribution in [0.25, 0.3) is 11.3 Å². The SMILES string of the molecule is CCC(CC)N(Cc1ccnc(-c2ccc(F)cc2)c1)C(=O)c1cn(C)cn1. The first-order valence-corrected chi connectivity index (χ1v) is 9.51. The minimum Gasteiger partial charge on any atom is -0.340 e. The smallest absolute Gasteiger partial charge is 0.274 e. The van der Waals surface area contributed by atoms with Gasteiger partial charge < -0.3 is 9.47 Å². The summed E-state index contributed by atoms with van der Waals surface area (Å²) >= 11 is 0. The quantitative estimate of drug-likeness (QED) is 0.608. The Bertz CT molecular complexity index is 932. The van der Waals surface area contributed by atoms with Crippen molar-refractivity contribution in [2.24, 2.45) is 7.05 Å². The molecule has 2 aromatic heterocycles. The summed E-state index contributed by atoms with van der Waals surface area (Å²) in [5.41, 5.74) is 3.02. The van der Waals surface area contributed by atoms with Crippen molar-refractivity contribution < 1.29 is 9.18 Å². The largest absolute Gasteiger partial charge is 0.340 e. The van der Waals surface area contributed by atoms with Gasteiger partial charge in [-0.3, -0.25) is 9.78 Å². The number of hydrogen-bond donors (Lipinski definition) is 0. The number of amides is 1. The van der Waals surface area contributed by atoms with Crippen LogP contribution in [0.2, 0.25) is 0 Å². The Balaban J connectivity index is 1.89. The number of imidazole rings is 1. The molecule has 146 valence electrons. The van der Waals surface area contributed by atoms with Crippen LogP contribution in [-0.2, 0) is 13.6 Å². The highest BCUT2D eigenvalue weighted by molar-refractivity contribution is 5.92. The molecular weight excluding hydrogens is 355 g/mol. The predicted molar refractivity (Wildman–Crippen MR) is 107 cm³/mol. The van der Waals surface area contributed by atoms with E-state index in [1.807, 2.05) is 24.1 Å². The fourth-order valence-electron chi connectivity index (χ4n) is 3.31. The summed E-state index contributed by atoms with van der Waals surface area (Å²) in [6.07, 6.45) is 6.84. The fraction of sp³-hybridized carbons (Fsp3) is 0.318. The van der Waals surface area contributed by atoms with Crippen LogP contribution in [-0.4, -0.2) is 31.4 Å². The first kappa shape index (κ1) is 19.7. The molecule has 0 radical (unpaired) electrons. The molecule has 1 aromatic carbocycles. The van der Waals surface area contributed by atoms with Gasteiger partial charge in [-0.2, -0.15) is 0 Å². The van der Waals surface area contributed by atoms with E-state index in [1.54, 1.807) is 35.4 Å². The van der Waals surface area contributed by atoms with E-state index in [-0.39, 0.29) is 17.8 Å². The Morgan fingerprint density at radius 3 is 2.46 bits per heavy atom. The second-order valence-electron chi connectivity index (χ2n) is 6.88. The van der Waals surface area contributed by atoms with E-state index in [0.717, 1.165) is 29.7 Å². The van der Waals surface area contributed by atoms with E-state index in [4.69, 9.17) is 0 Å². The summed E-state index contributed by atoms with van der Waals surface area (Å²) in [5, 5.41) is 0. The summed E-state index contributed by atoms with van der Waals surface area (Å²) in [7, 11) is 1.85. The van der Waals surface area contributed by atoms with Gasteiger partial charge in [0.05, 0.1) is 12.0 Å². The van der Waals surface area contributed by atoms with Crippen LogP contribution < -0.4 is 0 Å². The third kappa shape index (κ3) is 4.44. The van der Waals surface area contributed by atoms with Crippen molar-refractivity contribution in [3.63, 3.8) is 0 Å². The maximum atomic E-state index is 13.2. The molecule has 6 heteroatoms. The van der Waals surface area contributed by atoms with Crippen molar-refractivity contribution in [1.29, 1.82) is 0 Å². The van der Waals surface area contributed by atoms with Gasteiger partial charge in [-0.15, -0.1) is 0 Å². The number of rotatable bonds is 7. The van der Waals surface area contributed by atoms with Crippen molar-refractivity contribution in [2.45, 2.75) is 39.3 Å². The lowest BCUT2D eigenvalue weighted by Gasteiger charge is -2.30. The molecule has 3 aromatic rings. The van der Waals surface area contributed by atoms with E-state index in [2.05, 4.69) is 23.8 Å². The molecule has 0 bridgehead atoms. The third-order valence-electron chi connectivity index (χ3n) is 4.89. The topological polar surface area (TPSA) is 51.0 Å². The normalized spacial score (nSPS) is 11.0. The summed E-state index contributed by atoms with van der Waals surface area (Å²) in [4.78, 5) is 23.6. The zero-order valence-corrected chi connectivity index (χ0v) is 16.5. The molecule has 1 amide bonds. The molecule has 0 saturated carbocycles. The van der Waals surface area contributed by atoms with Gasteiger partial charge in [0.25, 0.3) is 5.91 Å². The molecule has 0 aliphatic heterocycles. The van der Waals surface area contributed by atoms with Gasteiger partial charge in [0.1, 0.15) is 11.5 Å². The minimum absolute atomic E-state index is 0.0746. The molecule has 3 rings (SSSR count). The maximum absolute atomic E-state index is 13.2. The van der Waals surface area contributed by atoms with Gasteiger partial charge in [0.2, 0.25) is 0 Å². The molecule has 0 aliphatic rings. The lowest BCUT2D eigenvalue weighted by Crippen LogP contribution is -2.39. The fourth-order valence-corrected chi connectivity index (χ4v) is 3.31. The van der Waals surface area contributed by atoms with Gasteiger partial charge in [-0.25, -0.2) is 9.37 Å². The van der Waals surface area contributed by atoms with E-state index in [0.29, 0.717) is 12.2 Å². The molecule has 0 fully saturated rings. The summed E-state index contributed by atoms with van der Waals surface area (Å²) < 4.78 is 15.0. The van der Waals surface area contributed by atoms with Gasteiger partial charge >= 0.3 is 0 Å². The Kier molecular flexibility index (Phi) is 6.19. The average Bonchev–Trinajstić information content (AvgIpc) is 3.15. The van der Waals surface area contributed by atoms with Crippen LogP contribution in [0, 0.1) is 5.82 Å². The Morgan fingerprint density at radius 1 is 1.14 bits per heavy atom. The maximum Gasteiger partial charge on any atom is 0.274 e. The van der Waals surface area contributed by atoms with Crippen LogP contribution in [0.4, 0.5) is 4.39 Å². The van der Waals surface area contributed by atoms with Gasteiger partial charge in [-0.1, -0.05) is 13.8 Å². The Morgan fingerprint density at radius 2 is 1.86 bits per heavy atom. The average molecular weight is 380 g/mol. The lowest BCUT2D eigenvalue weighted by molar-refractivity contribution is 0.0644. The van der Waals surface area contributed by atoms with Gasteiger partial charge in [0.15, 0.2) is 0 Å². The number of carbonyl (C=O) groups is 1. The zero-order chi connectivity index (χ0) is 20.1. The third-order valence-corrected chi connectivity index (χ3v) is 4.89. The molecule has 5 nitrogen and oxygen atoms in total. The second-order valence-corrected chi connectivity index (χ2v) is 6.88. The first-order valence-electron chi connectivity index (χ1n) is 9.51. The number of aryl methyl sites for hydroxylation is 1. The van der Waals surface area contributed by atoms with Crippen LogP contribution in [0.15, 0.2) is 55.1 Å². The predicted octanol–water partition coefficient (Wildman–Crippen LogP) is 4.45. The number of pyridine rings is 1. The summed E-state index contributed by atoms with van der Waals surface area (Å²) in [6, 6.07) is 10.2. The van der Waals surface area contributed by atoms with Crippen LogP contribution in [0.1, 0.15) is 42.7 Å². The molecule has 0 aliphatic carbocycles. The zero-order valence-electron chi connectivity index (χ0n) is 16.5. The van der Waals surface area contributed by atoms with Gasteiger partial charge in [-0.05, 0) is 54.8 Å². The molecule has 0 spiro atoms. The summed E-state index contributed by atoms with van der Waals surface area (Å²) in [6.45, 7) is 4.64. The highest BCUT2D eigenvalue weighted by Crippen LogP contribution is 2.21. The van der Waals surface area contributed by atoms with Crippen molar-refractivity contribution in [1.82, 2.24) is 19.4 Å². The number of benzene rings is 1. The van der Waals surface area contributed by atoms with E-state index >= 15 is 0 Å². The molecule has 0 atom stereocenters. The van der Waals surface area contributed by atoms with Crippen molar-refractivity contribution in [3.05, 3.63) is 72.2 Å². The summed E-state index contributed by atoms with van der Waals surface area (Å²) in [5.74, 6) is -0.352. The standard InChI is InChI=1S/C22H25FN4O/c1-4-19(5-2)27(22(28)21-14-26(3)15-25-21)13-16-10-11-24-20(12-16)17-6-8-18(23)9-7-17/h6-12,14-15,19H,4-5,13H2,1-3H3. The van der Waals surface area contributed by atoms with Crippen molar-refractivity contribution in [3.8, 4) is 11.3 Å². The van der Waals surface area contributed by atoms with Crippen molar-refractivity contribution in [2.75, 3.05) is 0 Å². The van der Waals surface area contributed by atoms with E-state index in [9.17, 15) is 9.18 Å². The first-order chi connectivity index (χ1) is 13.5. The van der Waals surface area contributed by atoms with Crippen LogP contribution >= 0.6 is 0 Å². The number of halogens is 1. The van der Waals surface area contributed by atoms with Crippen LogP contribution in [0.5, 0.6) is 0 Å². The molecule has 0 N–H and O–H groups in total. The second kappa shape index (κ2) is 8.78. The number of hydrogen-bond acceptors (Lipinski definition) is 3. The molecule has 0 saturated heterocycles. The molecule has 2 heterocycles. The Hall–Kier alpha value is -3.02. The molecular formula is C22H25FN4O. The molecule has 0 unspecified atom stereocenters. The van der Waals surface area contributed by atoms with Crippen LogP contribution in [0.3, 0.4) is 0 Å². The highest BCUT2D eigenvalue weighted by Gasteiger charge is 2.24.